The fourth-order valence-corrected chi connectivity index (χ4v) is 3.26. The van der Waals surface area contributed by atoms with Gasteiger partial charge in [-0.25, -0.2) is 0 Å². The Kier molecular flexibility index (Phi) is 4.88. The molecule has 0 atom stereocenters. The summed E-state index contributed by atoms with van der Waals surface area (Å²) < 4.78 is 12.4. The lowest BCUT2D eigenvalue weighted by Crippen LogP contribution is -2.32. The highest BCUT2D eigenvalue weighted by Gasteiger charge is 2.30. The van der Waals surface area contributed by atoms with Gasteiger partial charge in [-0.2, -0.15) is 0 Å². The van der Waals surface area contributed by atoms with Crippen LogP contribution in [0.2, 0.25) is 0 Å². The Bertz CT molecular complexity index is 686. The normalized spacial score (nSPS) is 11.5. The maximum absolute atomic E-state index is 11.7. The number of aromatic nitrogens is 1. The number of nitrogens with zero attached hydrogens (tertiary/aromatic N) is 1. The van der Waals surface area contributed by atoms with E-state index in [2.05, 4.69) is 36.8 Å². The summed E-state index contributed by atoms with van der Waals surface area (Å²) in [7, 11) is 1.37. The maximum atomic E-state index is 11.7. The molecule has 0 amide bonds. The molecular formula is C15H15Br2NO3. The number of benzene rings is 1. The molecule has 1 aromatic carbocycles. The number of pyridine rings is 1. The van der Waals surface area contributed by atoms with E-state index in [-0.39, 0.29) is 12.6 Å². The van der Waals surface area contributed by atoms with Crippen LogP contribution in [0.5, 0.6) is 5.75 Å². The number of hydrogen-bond acceptors (Lipinski definition) is 4. The highest BCUT2D eigenvalue weighted by atomic mass is 79.9. The number of ether oxygens (including phenoxy) is 2. The molecule has 0 radical (unpaired) electrons. The summed E-state index contributed by atoms with van der Waals surface area (Å²) in [4.78, 5) is 16.1. The fourth-order valence-electron chi connectivity index (χ4n) is 1.87. The molecule has 0 aliphatic rings. The minimum atomic E-state index is -0.734. The van der Waals surface area contributed by atoms with E-state index in [0.29, 0.717) is 5.75 Å². The minimum Gasteiger partial charge on any atom is -0.489 e. The molecule has 0 bridgehead atoms. The van der Waals surface area contributed by atoms with E-state index in [9.17, 15) is 4.79 Å². The van der Waals surface area contributed by atoms with Crippen LogP contribution in [0.15, 0.2) is 33.3 Å². The van der Waals surface area contributed by atoms with Crippen LogP contribution in [-0.4, -0.2) is 24.7 Å². The van der Waals surface area contributed by atoms with Gasteiger partial charge in [0.15, 0.2) is 5.75 Å². The number of hydrogen-bond donors (Lipinski definition) is 0. The van der Waals surface area contributed by atoms with Crippen molar-refractivity contribution in [2.45, 2.75) is 13.8 Å². The van der Waals surface area contributed by atoms with Gasteiger partial charge >= 0.3 is 5.97 Å². The Hall–Kier alpha value is -1.14. The largest absolute Gasteiger partial charge is 0.489 e. The van der Waals surface area contributed by atoms with E-state index in [1.807, 2.05) is 18.2 Å². The zero-order valence-electron chi connectivity index (χ0n) is 11.9. The van der Waals surface area contributed by atoms with Crippen molar-refractivity contribution < 1.29 is 14.3 Å². The smallest absolute Gasteiger partial charge is 0.314 e. The molecule has 0 unspecified atom stereocenters. The second-order valence-corrected chi connectivity index (χ2v) is 6.94. The molecule has 0 N–H and O–H groups in total. The standard InChI is InChI=1S/C15H15Br2NO3/c1-15(2,14(19)20-3)8-21-13-11(17)7-10(16)9-5-4-6-18-12(9)13/h4-7H,8H2,1-3H3. The molecular weight excluding hydrogens is 402 g/mol. The Balaban J connectivity index is 2.37. The molecule has 0 spiro atoms. The molecule has 4 nitrogen and oxygen atoms in total. The van der Waals surface area contributed by atoms with Gasteiger partial charge in [0.2, 0.25) is 0 Å². The zero-order chi connectivity index (χ0) is 15.6. The topological polar surface area (TPSA) is 48.4 Å². The van der Waals surface area contributed by atoms with E-state index in [1.165, 1.54) is 7.11 Å². The van der Waals surface area contributed by atoms with Crippen LogP contribution in [0.4, 0.5) is 0 Å². The van der Waals surface area contributed by atoms with Crippen molar-refractivity contribution in [3.05, 3.63) is 33.3 Å². The van der Waals surface area contributed by atoms with Gasteiger partial charge in [-0.05, 0) is 41.9 Å². The SMILES string of the molecule is COC(=O)C(C)(C)COc1c(Br)cc(Br)c2cccnc12. The van der Waals surface area contributed by atoms with Crippen LogP contribution >= 0.6 is 31.9 Å². The summed E-state index contributed by atoms with van der Waals surface area (Å²) in [6.07, 6.45) is 1.71. The van der Waals surface area contributed by atoms with Crippen LogP contribution in [0.1, 0.15) is 13.8 Å². The summed E-state index contributed by atoms with van der Waals surface area (Å²) in [5, 5.41) is 0.951. The van der Waals surface area contributed by atoms with Gasteiger partial charge in [0, 0.05) is 16.1 Å². The lowest BCUT2D eigenvalue weighted by Gasteiger charge is -2.22. The number of esters is 1. The molecule has 112 valence electrons. The number of rotatable bonds is 4. The predicted molar refractivity (Wildman–Crippen MR) is 88.4 cm³/mol. The second kappa shape index (κ2) is 6.32. The number of fused-ring (bicyclic) bond motifs is 1. The zero-order valence-corrected chi connectivity index (χ0v) is 15.1. The lowest BCUT2D eigenvalue weighted by molar-refractivity contribution is -0.152. The highest BCUT2D eigenvalue weighted by molar-refractivity contribution is 9.11. The van der Waals surface area contributed by atoms with Crippen LogP contribution in [0, 0.1) is 5.41 Å². The van der Waals surface area contributed by atoms with Gasteiger partial charge in [0.1, 0.15) is 12.1 Å². The predicted octanol–water partition coefficient (Wildman–Crippen LogP) is 4.34. The average molecular weight is 417 g/mol. The quantitative estimate of drug-likeness (QED) is 0.695. The van der Waals surface area contributed by atoms with Crippen molar-refractivity contribution >= 4 is 48.7 Å². The highest BCUT2D eigenvalue weighted by Crippen LogP contribution is 2.38. The summed E-state index contributed by atoms with van der Waals surface area (Å²) in [5.74, 6) is 0.304. The van der Waals surface area contributed by atoms with Gasteiger partial charge in [0.25, 0.3) is 0 Å². The lowest BCUT2D eigenvalue weighted by atomic mass is 9.95. The molecule has 0 aliphatic carbocycles. The van der Waals surface area contributed by atoms with Crippen molar-refractivity contribution in [1.29, 1.82) is 0 Å². The molecule has 6 heteroatoms. The summed E-state index contributed by atoms with van der Waals surface area (Å²) in [5.41, 5.74) is 0.00181. The maximum Gasteiger partial charge on any atom is 0.314 e. The van der Waals surface area contributed by atoms with E-state index in [0.717, 1.165) is 19.8 Å². The van der Waals surface area contributed by atoms with Crippen LogP contribution in [-0.2, 0) is 9.53 Å². The Labute approximate surface area is 140 Å². The molecule has 21 heavy (non-hydrogen) atoms. The molecule has 2 aromatic rings. The first kappa shape index (κ1) is 16.2. The summed E-state index contributed by atoms with van der Waals surface area (Å²) >= 11 is 6.99. The second-order valence-electron chi connectivity index (χ2n) is 5.23. The van der Waals surface area contributed by atoms with Crippen LogP contribution in [0.3, 0.4) is 0 Å². The first-order valence-corrected chi connectivity index (χ1v) is 7.89. The van der Waals surface area contributed by atoms with Gasteiger partial charge in [0.05, 0.1) is 17.0 Å². The number of carbonyl (C=O) groups excluding carboxylic acids is 1. The van der Waals surface area contributed by atoms with Gasteiger partial charge in [-0.15, -0.1) is 0 Å². The van der Waals surface area contributed by atoms with Crippen molar-refractivity contribution in [2.24, 2.45) is 5.41 Å². The monoisotopic (exact) mass is 415 g/mol. The summed E-state index contributed by atoms with van der Waals surface area (Å²) in [6, 6.07) is 5.73. The Morgan fingerprint density at radius 1 is 1.33 bits per heavy atom. The molecule has 0 aliphatic heterocycles. The van der Waals surface area contributed by atoms with Gasteiger partial charge in [-0.1, -0.05) is 22.0 Å². The van der Waals surface area contributed by atoms with Crippen molar-refractivity contribution in [3.63, 3.8) is 0 Å². The fraction of sp³-hybridized carbons (Fsp3) is 0.333. The number of carbonyl (C=O) groups is 1. The third-order valence-corrected chi connectivity index (χ3v) is 4.31. The first-order chi connectivity index (χ1) is 9.86. The number of halogens is 2. The molecule has 0 saturated carbocycles. The van der Waals surface area contributed by atoms with Gasteiger partial charge < -0.3 is 9.47 Å². The number of methoxy groups -OCH3 is 1. The van der Waals surface area contributed by atoms with E-state index >= 15 is 0 Å². The molecule has 0 saturated heterocycles. The van der Waals surface area contributed by atoms with Gasteiger partial charge in [-0.3, -0.25) is 9.78 Å². The third-order valence-electron chi connectivity index (χ3n) is 3.07. The Morgan fingerprint density at radius 2 is 2.05 bits per heavy atom. The van der Waals surface area contributed by atoms with E-state index in [4.69, 9.17) is 9.47 Å². The van der Waals surface area contributed by atoms with Crippen molar-refractivity contribution in [2.75, 3.05) is 13.7 Å². The molecule has 1 heterocycles. The molecule has 2 rings (SSSR count). The van der Waals surface area contributed by atoms with Crippen LogP contribution in [0.25, 0.3) is 10.9 Å². The average Bonchev–Trinajstić information content (AvgIpc) is 2.46. The van der Waals surface area contributed by atoms with E-state index < -0.39 is 5.41 Å². The van der Waals surface area contributed by atoms with Crippen molar-refractivity contribution in [3.8, 4) is 5.75 Å². The molecule has 1 aromatic heterocycles. The first-order valence-electron chi connectivity index (χ1n) is 6.31. The van der Waals surface area contributed by atoms with Crippen molar-refractivity contribution in [1.82, 2.24) is 4.98 Å². The summed E-state index contributed by atoms with van der Waals surface area (Å²) in [6.45, 7) is 3.76. The minimum absolute atomic E-state index is 0.200. The Morgan fingerprint density at radius 3 is 2.71 bits per heavy atom. The van der Waals surface area contributed by atoms with Crippen LogP contribution < -0.4 is 4.74 Å². The third kappa shape index (κ3) is 3.37. The van der Waals surface area contributed by atoms with E-state index in [1.54, 1.807) is 20.0 Å². The molecule has 0 fully saturated rings.